The largest absolute Gasteiger partial charge is 0.337 e. The van der Waals surface area contributed by atoms with Crippen molar-refractivity contribution in [1.82, 2.24) is 10.2 Å². The van der Waals surface area contributed by atoms with E-state index in [9.17, 15) is 13.6 Å². The Kier molecular flexibility index (Phi) is 6.21. The number of nitrogens with zero attached hydrogens (tertiary/aromatic N) is 1. The second-order valence-electron chi connectivity index (χ2n) is 4.03. The van der Waals surface area contributed by atoms with Crippen LogP contribution in [0.3, 0.4) is 0 Å². The minimum absolute atomic E-state index is 0.0401. The first-order valence-electron chi connectivity index (χ1n) is 6.29. The van der Waals surface area contributed by atoms with E-state index >= 15 is 0 Å². The molecule has 19 heavy (non-hydrogen) atoms. The maximum atomic E-state index is 13.3. The Hall–Kier alpha value is -1.69. The molecule has 106 valence electrons. The Bertz CT molecular complexity index is 422. The van der Waals surface area contributed by atoms with Gasteiger partial charge in [0.1, 0.15) is 11.6 Å². The molecule has 2 N–H and O–H groups in total. The van der Waals surface area contributed by atoms with Crippen molar-refractivity contribution in [2.45, 2.75) is 13.8 Å². The third-order valence-electron chi connectivity index (χ3n) is 2.79. The fourth-order valence-electron chi connectivity index (χ4n) is 1.62. The van der Waals surface area contributed by atoms with Gasteiger partial charge in [0, 0.05) is 19.2 Å². The Morgan fingerprint density at radius 2 is 1.95 bits per heavy atom. The first-order chi connectivity index (χ1) is 9.06. The third kappa shape index (κ3) is 5.21. The molecule has 0 aromatic heterocycles. The number of likely N-dealkylation sites (N-methyl/N-ethyl adjacent to an activating group) is 1. The highest BCUT2D eigenvalue weighted by Crippen LogP contribution is 2.14. The normalized spacial score (nSPS) is 10.6. The van der Waals surface area contributed by atoms with Gasteiger partial charge in [0.25, 0.3) is 0 Å². The molecule has 0 aliphatic carbocycles. The minimum Gasteiger partial charge on any atom is -0.337 e. The standard InChI is InChI=1S/C13H19F2N3O/c1-3-18(4-2)8-7-16-13(19)17-12-6-5-10(14)9-11(12)15/h5-6,9H,3-4,7-8H2,1-2H3,(H2,16,17,19). The lowest BCUT2D eigenvalue weighted by Crippen LogP contribution is -2.37. The lowest BCUT2D eigenvalue weighted by molar-refractivity contribution is 0.247. The molecular weight excluding hydrogens is 252 g/mol. The molecular formula is C13H19F2N3O. The molecule has 6 heteroatoms. The van der Waals surface area contributed by atoms with Crippen LogP contribution in [0.2, 0.25) is 0 Å². The summed E-state index contributed by atoms with van der Waals surface area (Å²) in [5.41, 5.74) is -0.0401. The van der Waals surface area contributed by atoms with E-state index in [2.05, 4.69) is 15.5 Å². The van der Waals surface area contributed by atoms with Crippen molar-refractivity contribution < 1.29 is 13.6 Å². The summed E-state index contributed by atoms with van der Waals surface area (Å²) in [6.07, 6.45) is 0. The molecule has 1 aromatic carbocycles. The Morgan fingerprint density at radius 3 is 2.53 bits per heavy atom. The molecule has 1 aromatic rings. The van der Waals surface area contributed by atoms with E-state index in [1.165, 1.54) is 6.07 Å². The predicted molar refractivity (Wildman–Crippen MR) is 71.2 cm³/mol. The number of hydrogen-bond acceptors (Lipinski definition) is 2. The summed E-state index contributed by atoms with van der Waals surface area (Å²) >= 11 is 0. The molecule has 0 bridgehead atoms. The number of rotatable bonds is 6. The molecule has 0 unspecified atom stereocenters. The van der Waals surface area contributed by atoms with Crippen molar-refractivity contribution in [3.63, 3.8) is 0 Å². The number of carbonyl (C=O) groups excluding carboxylic acids is 1. The average molecular weight is 271 g/mol. The average Bonchev–Trinajstić information content (AvgIpc) is 2.38. The van der Waals surface area contributed by atoms with Crippen molar-refractivity contribution in [2.75, 3.05) is 31.5 Å². The van der Waals surface area contributed by atoms with Crippen LogP contribution in [0, 0.1) is 11.6 Å². The molecule has 1 rings (SSSR count). The van der Waals surface area contributed by atoms with Crippen molar-refractivity contribution in [3.05, 3.63) is 29.8 Å². The first-order valence-corrected chi connectivity index (χ1v) is 6.29. The zero-order valence-electron chi connectivity index (χ0n) is 11.2. The number of amides is 2. The van der Waals surface area contributed by atoms with Crippen LogP contribution in [-0.4, -0.2) is 37.1 Å². The molecule has 0 fully saturated rings. The summed E-state index contributed by atoms with van der Waals surface area (Å²) < 4.78 is 26.0. The van der Waals surface area contributed by atoms with Crippen LogP contribution >= 0.6 is 0 Å². The SMILES string of the molecule is CCN(CC)CCNC(=O)Nc1ccc(F)cc1F. The number of carbonyl (C=O) groups is 1. The first kappa shape index (κ1) is 15.4. The highest BCUT2D eigenvalue weighted by Gasteiger charge is 2.07. The van der Waals surface area contributed by atoms with Crippen LogP contribution in [0.4, 0.5) is 19.3 Å². The minimum atomic E-state index is -0.793. The van der Waals surface area contributed by atoms with Crippen molar-refractivity contribution >= 4 is 11.7 Å². The van der Waals surface area contributed by atoms with Gasteiger partial charge in [0.15, 0.2) is 0 Å². The van der Waals surface area contributed by atoms with E-state index < -0.39 is 17.7 Å². The van der Waals surface area contributed by atoms with E-state index in [1.54, 1.807) is 0 Å². The van der Waals surface area contributed by atoms with Crippen LogP contribution in [0.25, 0.3) is 0 Å². The number of nitrogens with one attached hydrogen (secondary N) is 2. The number of anilines is 1. The van der Waals surface area contributed by atoms with Gasteiger partial charge in [-0.05, 0) is 25.2 Å². The quantitative estimate of drug-likeness (QED) is 0.834. The third-order valence-corrected chi connectivity index (χ3v) is 2.79. The number of halogens is 2. The number of benzene rings is 1. The van der Waals surface area contributed by atoms with Gasteiger partial charge in [-0.3, -0.25) is 0 Å². The van der Waals surface area contributed by atoms with Crippen LogP contribution in [0.5, 0.6) is 0 Å². The fraction of sp³-hybridized carbons (Fsp3) is 0.462. The van der Waals surface area contributed by atoms with Crippen LogP contribution < -0.4 is 10.6 Å². The van der Waals surface area contributed by atoms with E-state index in [0.29, 0.717) is 6.54 Å². The molecule has 2 amide bonds. The molecule has 4 nitrogen and oxygen atoms in total. The van der Waals surface area contributed by atoms with Gasteiger partial charge in [-0.2, -0.15) is 0 Å². The highest BCUT2D eigenvalue weighted by atomic mass is 19.1. The number of urea groups is 1. The Morgan fingerprint density at radius 1 is 1.26 bits per heavy atom. The molecule has 0 spiro atoms. The van der Waals surface area contributed by atoms with Gasteiger partial charge in [-0.25, -0.2) is 13.6 Å². The van der Waals surface area contributed by atoms with Gasteiger partial charge in [0.2, 0.25) is 0 Å². The lowest BCUT2D eigenvalue weighted by Gasteiger charge is -2.18. The van der Waals surface area contributed by atoms with E-state index in [-0.39, 0.29) is 5.69 Å². The van der Waals surface area contributed by atoms with Crippen LogP contribution in [0.1, 0.15) is 13.8 Å². The van der Waals surface area contributed by atoms with Gasteiger partial charge in [-0.1, -0.05) is 13.8 Å². The summed E-state index contributed by atoms with van der Waals surface area (Å²) in [7, 11) is 0. The summed E-state index contributed by atoms with van der Waals surface area (Å²) in [4.78, 5) is 13.7. The van der Waals surface area contributed by atoms with Crippen LogP contribution in [-0.2, 0) is 0 Å². The van der Waals surface area contributed by atoms with Crippen molar-refractivity contribution in [2.24, 2.45) is 0 Å². The molecule has 0 saturated heterocycles. The summed E-state index contributed by atoms with van der Waals surface area (Å²) in [5.74, 6) is -1.47. The zero-order valence-corrected chi connectivity index (χ0v) is 11.2. The molecule has 0 saturated carbocycles. The van der Waals surface area contributed by atoms with Gasteiger partial charge >= 0.3 is 6.03 Å². The summed E-state index contributed by atoms with van der Waals surface area (Å²) in [5, 5.41) is 4.96. The molecule has 0 aliphatic rings. The van der Waals surface area contributed by atoms with E-state index in [4.69, 9.17) is 0 Å². The highest BCUT2D eigenvalue weighted by molar-refractivity contribution is 5.89. The topological polar surface area (TPSA) is 44.4 Å². The van der Waals surface area contributed by atoms with Crippen molar-refractivity contribution in [1.29, 1.82) is 0 Å². The fourth-order valence-corrected chi connectivity index (χ4v) is 1.62. The predicted octanol–water partition coefficient (Wildman–Crippen LogP) is 2.43. The molecule has 0 heterocycles. The second kappa shape index (κ2) is 7.68. The van der Waals surface area contributed by atoms with Crippen LogP contribution in [0.15, 0.2) is 18.2 Å². The monoisotopic (exact) mass is 271 g/mol. The van der Waals surface area contributed by atoms with E-state index in [1.807, 2.05) is 13.8 Å². The molecule has 0 atom stereocenters. The second-order valence-corrected chi connectivity index (χ2v) is 4.03. The van der Waals surface area contributed by atoms with E-state index in [0.717, 1.165) is 31.8 Å². The maximum Gasteiger partial charge on any atom is 0.319 e. The van der Waals surface area contributed by atoms with Crippen molar-refractivity contribution in [3.8, 4) is 0 Å². The molecule has 0 aliphatic heterocycles. The Balaban J connectivity index is 2.39. The Labute approximate surface area is 111 Å². The maximum absolute atomic E-state index is 13.3. The number of hydrogen-bond donors (Lipinski definition) is 2. The molecule has 0 radical (unpaired) electrons. The van der Waals surface area contributed by atoms with Gasteiger partial charge in [0.05, 0.1) is 5.69 Å². The van der Waals surface area contributed by atoms with Gasteiger partial charge in [-0.15, -0.1) is 0 Å². The summed E-state index contributed by atoms with van der Waals surface area (Å²) in [6, 6.07) is 2.51. The van der Waals surface area contributed by atoms with Gasteiger partial charge < -0.3 is 15.5 Å². The smallest absolute Gasteiger partial charge is 0.319 e. The lowest BCUT2D eigenvalue weighted by atomic mass is 10.3. The summed E-state index contributed by atoms with van der Waals surface area (Å²) in [6.45, 7) is 7.09. The zero-order chi connectivity index (χ0) is 14.3.